The molecule has 0 saturated heterocycles. The number of nitrogens with zero attached hydrogens (tertiary/aromatic N) is 1. The van der Waals surface area contributed by atoms with Crippen LogP contribution in [0.1, 0.15) is 35.2 Å². The number of hydrogen-bond donors (Lipinski definition) is 1. The number of carbonyl (C=O) groups is 1. The second-order valence-corrected chi connectivity index (χ2v) is 6.12. The van der Waals surface area contributed by atoms with E-state index in [9.17, 15) is 4.79 Å². The minimum absolute atomic E-state index is 0.0123. The second-order valence-electron chi connectivity index (χ2n) is 6.12. The van der Waals surface area contributed by atoms with Crippen molar-refractivity contribution in [2.24, 2.45) is 0 Å². The third-order valence-corrected chi connectivity index (χ3v) is 4.29. The van der Waals surface area contributed by atoms with E-state index in [1.807, 2.05) is 43.3 Å². The average Bonchev–Trinajstić information content (AvgIpc) is 3.29. The van der Waals surface area contributed by atoms with Gasteiger partial charge in [0.05, 0.1) is 17.4 Å². The number of rotatable bonds is 5. The Morgan fingerprint density at radius 2 is 2.16 bits per heavy atom. The summed E-state index contributed by atoms with van der Waals surface area (Å²) in [5.41, 5.74) is 1.80. The van der Waals surface area contributed by atoms with E-state index in [4.69, 9.17) is 13.7 Å². The van der Waals surface area contributed by atoms with Crippen molar-refractivity contribution in [2.75, 3.05) is 0 Å². The first-order chi connectivity index (χ1) is 12.2. The van der Waals surface area contributed by atoms with Gasteiger partial charge in [0, 0.05) is 12.5 Å². The number of amides is 1. The normalized spacial score (nSPS) is 13.5. The Hall–Kier alpha value is -3.02. The maximum Gasteiger partial charge on any atom is 0.274 e. The number of aryl methyl sites for hydroxylation is 1. The Morgan fingerprint density at radius 1 is 1.28 bits per heavy atom. The lowest BCUT2D eigenvalue weighted by atomic mass is 10.0. The van der Waals surface area contributed by atoms with Crippen LogP contribution in [0, 0.1) is 0 Å². The highest BCUT2D eigenvalue weighted by molar-refractivity contribution is 5.95. The van der Waals surface area contributed by atoms with Crippen molar-refractivity contribution in [3.8, 4) is 17.1 Å². The summed E-state index contributed by atoms with van der Waals surface area (Å²) in [4.78, 5) is 12.5. The van der Waals surface area contributed by atoms with Crippen LogP contribution in [0.5, 0.6) is 5.75 Å². The first-order valence-corrected chi connectivity index (χ1v) is 8.26. The number of fused-ring (bicyclic) bond motifs is 3. The number of hydrogen-bond acceptors (Lipinski definition) is 5. The molecule has 128 valence electrons. The molecule has 1 atom stereocenters. The molecule has 6 nitrogen and oxygen atoms in total. The molecule has 2 aromatic heterocycles. The molecule has 1 aliphatic rings. The van der Waals surface area contributed by atoms with Crippen LogP contribution in [-0.4, -0.2) is 17.1 Å². The van der Waals surface area contributed by atoms with E-state index in [2.05, 4.69) is 10.5 Å². The predicted molar refractivity (Wildman–Crippen MR) is 90.2 cm³/mol. The fourth-order valence-electron chi connectivity index (χ4n) is 2.94. The van der Waals surface area contributed by atoms with Crippen molar-refractivity contribution in [1.82, 2.24) is 10.5 Å². The lowest BCUT2D eigenvalue weighted by Crippen LogP contribution is -2.33. The third-order valence-electron chi connectivity index (χ3n) is 4.29. The van der Waals surface area contributed by atoms with Gasteiger partial charge in [0.2, 0.25) is 0 Å². The van der Waals surface area contributed by atoms with Crippen LogP contribution >= 0.6 is 0 Å². The van der Waals surface area contributed by atoms with Crippen molar-refractivity contribution in [1.29, 1.82) is 0 Å². The van der Waals surface area contributed by atoms with E-state index in [1.165, 1.54) is 0 Å². The summed E-state index contributed by atoms with van der Waals surface area (Å²) < 4.78 is 16.4. The van der Waals surface area contributed by atoms with E-state index in [0.29, 0.717) is 11.3 Å². The van der Waals surface area contributed by atoms with Gasteiger partial charge in [-0.15, -0.1) is 0 Å². The van der Waals surface area contributed by atoms with Crippen LogP contribution in [0.25, 0.3) is 11.3 Å². The molecule has 6 heteroatoms. The first kappa shape index (κ1) is 15.5. The van der Waals surface area contributed by atoms with Gasteiger partial charge in [-0.2, -0.15) is 0 Å². The average molecular weight is 338 g/mol. The summed E-state index contributed by atoms with van der Waals surface area (Å²) in [5.74, 6) is 2.00. The molecule has 4 rings (SSSR count). The van der Waals surface area contributed by atoms with Crippen molar-refractivity contribution in [3.63, 3.8) is 0 Å². The zero-order valence-corrected chi connectivity index (χ0v) is 13.8. The second kappa shape index (κ2) is 6.47. The zero-order chi connectivity index (χ0) is 17.2. The Kier molecular flexibility index (Phi) is 4.01. The molecular weight excluding hydrogens is 320 g/mol. The van der Waals surface area contributed by atoms with Crippen LogP contribution in [0.4, 0.5) is 0 Å². The van der Waals surface area contributed by atoms with Crippen LogP contribution < -0.4 is 10.1 Å². The van der Waals surface area contributed by atoms with Gasteiger partial charge in [0.15, 0.2) is 11.5 Å². The molecule has 25 heavy (non-hydrogen) atoms. The van der Waals surface area contributed by atoms with Crippen molar-refractivity contribution < 1.29 is 18.5 Å². The molecule has 1 amide bonds. The number of para-hydroxylation sites is 1. The Labute approximate surface area is 144 Å². The molecule has 0 saturated carbocycles. The Balaban J connectivity index is 1.46. The summed E-state index contributed by atoms with van der Waals surface area (Å²) >= 11 is 0. The van der Waals surface area contributed by atoms with Gasteiger partial charge < -0.3 is 19.0 Å². The van der Waals surface area contributed by atoms with Crippen LogP contribution in [0.3, 0.4) is 0 Å². The molecule has 0 unspecified atom stereocenters. The number of ether oxygens (including phenoxy) is 1. The van der Waals surface area contributed by atoms with E-state index in [-0.39, 0.29) is 24.2 Å². The van der Waals surface area contributed by atoms with Crippen molar-refractivity contribution in [3.05, 3.63) is 59.7 Å². The summed E-state index contributed by atoms with van der Waals surface area (Å²) in [5, 5.41) is 6.93. The van der Waals surface area contributed by atoms with Crippen LogP contribution in [-0.2, 0) is 13.0 Å². The molecule has 1 N–H and O–H groups in total. The molecule has 1 aromatic carbocycles. The van der Waals surface area contributed by atoms with Crippen molar-refractivity contribution >= 4 is 5.91 Å². The van der Waals surface area contributed by atoms with Gasteiger partial charge in [-0.3, -0.25) is 4.79 Å². The third kappa shape index (κ3) is 3.03. The monoisotopic (exact) mass is 338 g/mol. The molecule has 0 fully saturated rings. The molecule has 3 heterocycles. The SMILES string of the molecule is C[C@@H](CCc1ccco1)NC(=O)c1noc2c1COc1ccccc1-2. The lowest BCUT2D eigenvalue weighted by Gasteiger charge is -2.16. The van der Waals surface area contributed by atoms with Gasteiger partial charge in [-0.25, -0.2) is 0 Å². The number of aromatic nitrogens is 1. The maximum absolute atomic E-state index is 12.5. The Morgan fingerprint density at radius 3 is 3.00 bits per heavy atom. The molecule has 0 bridgehead atoms. The highest BCUT2D eigenvalue weighted by atomic mass is 16.5. The van der Waals surface area contributed by atoms with E-state index >= 15 is 0 Å². The number of furan rings is 1. The minimum atomic E-state index is -0.250. The minimum Gasteiger partial charge on any atom is -0.488 e. The fourth-order valence-corrected chi connectivity index (χ4v) is 2.94. The first-order valence-electron chi connectivity index (χ1n) is 8.26. The molecule has 0 aliphatic carbocycles. The summed E-state index contributed by atoms with van der Waals surface area (Å²) in [6.45, 7) is 2.23. The summed E-state index contributed by atoms with van der Waals surface area (Å²) in [6.07, 6.45) is 3.19. The highest BCUT2D eigenvalue weighted by Gasteiger charge is 2.29. The topological polar surface area (TPSA) is 77.5 Å². The molecule has 3 aromatic rings. The lowest BCUT2D eigenvalue weighted by molar-refractivity contribution is 0.0927. The molecule has 0 spiro atoms. The standard InChI is InChI=1S/C19H18N2O4/c1-12(8-9-13-5-4-10-23-13)20-19(22)17-15-11-24-16-7-3-2-6-14(16)18(15)25-21-17/h2-7,10,12H,8-9,11H2,1H3,(H,20,22)/t12-/m0/s1. The number of nitrogens with one attached hydrogen (secondary N) is 1. The number of benzene rings is 1. The maximum atomic E-state index is 12.5. The zero-order valence-electron chi connectivity index (χ0n) is 13.8. The predicted octanol–water partition coefficient (Wildman–Crippen LogP) is 3.58. The van der Waals surface area contributed by atoms with Crippen molar-refractivity contribution in [2.45, 2.75) is 32.4 Å². The Bertz CT molecular complexity index is 883. The van der Waals surface area contributed by atoms with E-state index in [1.54, 1.807) is 6.26 Å². The fraction of sp³-hybridized carbons (Fsp3) is 0.263. The van der Waals surface area contributed by atoms with Gasteiger partial charge >= 0.3 is 0 Å². The van der Waals surface area contributed by atoms with Gasteiger partial charge in [0.25, 0.3) is 5.91 Å². The van der Waals surface area contributed by atoms with Crippen LogP contribution in [0.2, 0.25) is 0 Å². The summed E-state index contributed by atoms with van der Waals surface area (Å²) in [6, 6.07) is 11.3. The van der Waals surface area contributed by atoms with Gasteiger partial charge in [0.1, 0.15) is 18.1 Å². The smallest absolute Gasteiger partial charge is 0.274 e. The van der Waals surface area contributed by atoms with E-state index in [0.717, 1.165) is 29.9 Å². The van der Waals surface area contributed by atoms with Gasteiger partial charge in [-0.1, -0.05) is 17.3 Å². The van der Waals surface area contributed by atoms with Gasteiger partial charge in [-0.05, 0) is 37.6 Å². The molecular formula is C19H18N2O4. The highest BCUT2D eigenvalue weighted by Crippen LogP contribution is 2.38. The van der Waals surface area contributed by atoms with E-state index < -0.39 is 0 Å². The number of carbonyl (C=O) groups excluding carboxylic acids is 1. The quantitative estimate of drug-likeness (QED) is 0.769. The largest absolute Gasteiger partial charge is 0.488 e. The molecule has 1 aliphatic heterocycles. The van der Waals surface area contributed by atoms with Crippen LogP contribution in [0.15, 0.2) is 51.6 Å². The summed E-state index contributed by atoms with van der Waals surface area (Å²) in [7, 11) is 0. The molecule has 0 radical (unpaired) electrons.